The molecule has 1 saturated carbocycles. The Morgan fingerprint density at radius 1 is 1.33 bits per heavy atom. The Labute approximate surface area is 157 Å². The van der Waals surface area contributed by atoms with Gasteiger partial charge in [-0.15, -0.1) is 0 Å². The molecule has 2 fully saturated rings. The molecule has 1 aliphatic carbocycles. The normalized spacial score (nSPS) is 24.1. The van der Waals surface area contributed by atoms with E-state index in [0.29, 0.717) is 25.3 Å². The molecule has 1 saturated heterocycles. The van der Waals surface area contributed by atoms with E-state index in [2.05, 4.69) is 15.5 Å². The summed E-state index contributed by atoms with van der Waals surface area (Å²) < 4.78 is 33.8. The van der Waals surface area contributed by atoms with Gasteiger partial charge in [-0.3, -0.25) is 4.79 Å². The van der Waals surface area contributed by atoms with Crippen molar-refractivity contribution in [3.05, 3.63) is 30.0 Å². The summed E-state index contributed by atoms with van der Waals surface area (Å²) >= 11 is 0. The summed E-state index contributed by atoms with van der Waals surface area (Å²) in [6, 6.07) is 1.36. The number of carbonyl (C=O) groups is 1. The maximum Gasteiger partial charge on any atom is 0.273 e. The molecule has 3 heterocycles. The Bertz CT molecular complexity index is 946. The van der Waals surface area contributed by atoms with Gasteiger partial charge in [-0.05, 0) is 32.6 Å². The first kappa shape index (κ1) is 18.2. The lowest BCUT2D eigenvalue weighted by atomic mass is 10.0. The van der Waals surface area contributed by atoms with Crippen LogP contribution in [-0.2, 0) is 17.1 Å². The van der Waals surface area contributed by atoms with Gasteiger partial charge in [0.25, 0.3) is 15.9 Å². The number of rotatable bonds is 5. The second kappa shape index (κ2) is 6.75. The zero-order valence-corrected chi connectivity index (χ0v) is 16.1. The second-order valence-corrected chi connectivity index (χ2v) is 9.26. The number of aromatic nitrogens is 3. The van der Waals surface area contributed by atoms with E-state index in [9.17, 15) is 13.2 Å². The van der Waals surface area contributed by atoms with Crippen molar-refractivity contribution in [2.75, 3.05) is 6.54 Å². The minimum atomic E-state index is -3.63. The first-order valence-corrected chi connectivity index (χ1v) is 10.6. The zero-order valence-electron chi connectivity index (χ0n) is 15.3. The van der Waals surface area contributed by atoms with Gasteiger partial charge in [0.15, 0.2) is 10.7 Å². The number of nitrogens with one attached hydrogen (secondary N) is 1. The van der Waals surface area contributed by atoms with E-state index < -0.39 is 10.0 Å². The minimum absolute atomic E-state index is 0.0505. The lowest BCUT2D eigenvalue weighted by Crippen LogP contribution is -2.50. The molecule has 9 nitrogen and oxygen atoms in total. The van der Waals surface area contributed by atoms with Crippen LogP contribution in [0.3, 0.4) is 0 Å². The molecule has 2 aromatic heterocycles. The monoisotopic (exact) mass is 393 g/mol. The van der Waals surface area contributed by atoms with Gasteiger partial charge in [0.05, 0.1) is 6.33 Å². The van der Waals surface area contributed by atoms with E-state index >= 15 is 0 Å². The molecule has 1 N–H and O–H groups in total. The molecule has 0 spiro atoms. The summed E-state index contributed by atoms with van der Waals surface area (Å²) in [4.78, 5) is 16.4. The number of aryl methyl sites for hydroxylation is 1. The average Bonchev–Trinajstić information content (AvgIpc) is 3.16. The van der Waals surface area contributed by atoms with E-state index in [0.717, 1.165) is 18.6 Å². The van der Waals surface area contributed by atoms with E-state index in [1.807, 2.05) is 6.92 Å². The van der Waals surface area contributed by atoms with E-state index in [1.54, 1.807) is 17.7 Å². The summed E-state index contributed by atoms with van der Waals surface area (Å²) in [6.07, 6.45) is 6.20. The van der Waals surface area contributed by atoms with Crippen molar-refractivity contribution >= 4 is 15.9 Å². The fraction of sp³-hybridized carbons (Fsp3) is 0.588. The maximum atomic E-state index is 12.8. The Kier molecular flexibility index (Phi) is 4.55. The molecule has 2 atom stereocenters. The molecule has 0 aromatic carbocycles. The molecule has 0 bridgehead atoms. The molecule has 146 valence electrons. The van der Waals surface area contributed by atoms with E-state index in [-0.39, 0.29) is 28.7 Å². The Morgan fingerprint density at radius 3 is 2.74 bits per heavy atom. The minimum Gasteiger partial charge on any atom is -0.360 e. The molecular weight excluding hydrogens is 370 g/mol. The van der Waals surface area contributed by atoms with Gasteiger partial charge in [-0.2, -0.15) is 4.31 Å². The molecule has 0 radical (unpaired) electrons. The van der Waals surface area contributed by atoms with Gasteiger partial charge in [0, 0.05) is 43.9 Å². The molecule has 2 aliphatic rings. The smallest absolute Gasteiger partial charge is 0.273 e. The van der Waals surface area contributed by atoms with Crippen molar-refractivity contribution in [2.24, 2.45) is 7.05 Å². The molecule has 2 aromatic rings. The number of hydrogen-bond donors (Lipinski definition) is 1. The van der Waals surface area contributed by atoms with Crippen LogP contribution in [0.2, 0.25) is 0 Å². The van der Waals surface area contributed by atoms with Crippen LogP contribution in [0.15, 0.2) is 28.1 Å². The number of nitrogens with zero attached hydrogens (tertiary/aromatic N) is 4. The maximum absolute atomic E-state index is 12.8. The quantitative estimate of drug-likeness (QED) is 0.819. The molecule has 27 heavy (non-hydrogen) atoms. The zero-order chi connectivity index (χ0) is 19.2. The van der Waals surface area contributed by atoms with Gasteiger partial charge in [-0.25, -0.2) is 13.4 Å². The standard InChI is InChI=1S/C17H23N5O4S/c1-11-7-13(19-17(23)14-8-15(26-20-14)12-3-4-12)5-6-22(11)27(24,25)16-9-21(2)10-18-16/h8-13H,3-7H2,1-2H3,(H,19,23)/t11-,13-/m1/s1. The topological polar surface area (TPSA) is 110 Å². The number of imidazole rings is 1. The van der Waals surface area contributed by atoms with Crippen LogP contribution in [0.5, 0.6) is 0 Å². The first-order chi connectivity index (χ1) is 12.8. The third kappa shape index (κ3) is 3.63. The van der Waals surface area contributed by atoms with Crippen molar-refractivity contribution in [1.29, 1.82) is 0 Å². The molecule has 10 heteroatoms. The summed E-state index contributed by atoms with van der Waals surface area (Å²) in [5.41, 5.74) is 0.285. The molecule has 0 unspecified atom stereocenters. The highest BCUT2D eigenvalue weighted by atomic mass is 32.2. The highest BCUT2D eigenvalue weighted by Crippen LogP contribution is 2.40. The van der Waals surface area contributed by atoms with Gasteiger partial charge in [0.2, 0.25) is 0 Å². The average molecular weight is 393 g/mol. The highest BCUT2D eigenvalue weighted by Gasteiger charge is 2.36. The third-order valence-electron chi connectivity index (χ3n) is 5.15. The van der Waals surface area contributed by atoms with Crippen LogP contribution < -0.4 is 5.32 Å². The Balaban J connectivity index is 1.38. The summed E-state index contributed by atoms with van der Waals surface area (Å²) in [5.74, 6) is 0.896. The molecule has 1 aliphatic heterocycles. The van der Waals surface area contributed by atoms with Gasteiger partial charge >= 0.3 is 0 Å². The fourth-order valence-electron chi connectivity index (χ4n) is 3.50. The van der Waals surface area contributed by atoms with Crippen molar-refractivity contribution in [1.82, 2.24) is 24.3 Å². The lowest BCUT2D eigenvalue weighted by Gasteiger charge is -2.36. The molecule has 4 rings (SSSR count). The largest absolute Gasteiger partial charge is 0.360 e. The predicted octanol–water partition coefficient (Wildman–Crippen LogP) is 1.26. The SMILES string of the molecule is C[C@@H]1C[C@H](NC(=O)c2cc(C3CC3)on2)CCN1S(=O)(=O)c1cn(C)cn1. The van der Waals surface area contributed by atoms with Crippen LogP contribution in [-0.4, -0.2) is 52.0 Å². The Hall–Kier alpha value is -2.20. The van der Waals surface area contributed by atoms with Gasteiger partial charge in [-0.1, -0.05) is 5.16 Å². The van der Waals surface area contributed by atoms with Crippen LogP contribution in [0.25, 0.3) is 0 Å². The fourth-order valence-corrected chi connectivity index (χ4v) is 5.12. The van der Waals surface area contributed by atoms with Crippen LogP contribution in [0.1, 0.15) is 54.8 Å². The summed E-state index contributed by atoms with van der Waals surface area (Å²) in [7, 11) is -1.90. The van der Waals surface area contributed by atoms with Crippen molar-refractivity contribution in [3.8, 4) is 0 Å². The Morgan fingerprint density at radius 2 is 2.11 bits per heavy atom. The van der Waals surface area contributed by atoms with E-state index in [1.165, 1.54) is 16.8 Å². The van der Waals surface area contributed by atoms with Crippen LogP contribution >= 0.6 is 0 Å². The first-order valence-electron chi connectivity index (χ1n) is 9.12. The van der Waals surface area contributed by atoms with Gasteiger partial charge < -0.3 is 14.4 Å². The number of carbonyl (C=O) groups excluding carboxylic acids is 1. The van der Waals surface area contributed by atoms with Crippen molar-refractivity contribution < 1.29 is 17.7 Å². The number of piperidine rings is 1. The van der Waals surface area contributed by atoms with Crippen LogP contribution in [0.4, 0.5) is 0 Å². The molecule has 1 amide bonds. The summed E-state index contributed by atoms with van der Waals surface area (Å²) in [5, 5.41) is 6.86. The van der Waals surface area contributed by atoms with Crippen molar-refractivity contribution in [2.45, 2.75) is 55.6 Å². The molecular formula is C17H23N5O4S. The lowest BCUT2D eigenvalue weighted by molar-refractivity contribution is 0.0905. The second-order valence-electron chi connectivity index (χ2n) is 7.43. The number of amides is 1. The van der Waals surface area contributed by atoms with Crippen LogP contribution in [0, 0.1) is 0 Å². The number of hydrogen-bond acceptors (Lipinski definition) is 6. The van der Waals surface area contributed by atoms with Gasteiger partial charge in [0.1, 0.15) is 5.76 Å². The number of sulfonamides is 1. The van der Waals surface area contributed by atoms with Crippen molar-refractivity contribution in [3.63, 3.8) is 0 Å². The summed E-state index contributed by atoms with van der Waals surface area (Å²) in [6.45, 7) is 2.18. The predicted molar refractivity (Wildman–Crippen MR) is 95.5 cm³/mol. The third-order valence-corrected chi connectivity index (χ3v) is 7.04. The van der Waals surface area contributed by atoms with E-state index in [4.69, 9.17) is 4.52 Å². The highest BCUT2D eigenvalue weighted by molar-refractivity contribution is 7.89.